The molecule has 138 valence electrons. The van der Waals surface area contributed by atoms with E-state index in [1.54, 1.807) is 36.4 Å². The van der Waals surface area contributed by atoms with Gasteiger partial charge >= 0.3 is 0 Å². The van der Waals surface area contributed by atoms with E-state index in [1.165, 1.54) is 0 Å². The van der Waals surface area contributed by atoms with E-state index in [0.29, 0.717) is 22.7 Å². The number of hydrogen-bond acceptors (Lipinski definition) is 6. The van der Waals surface area contributed by atoms with Crippen LogP contribution >= 0.6 is 0 Å². The van der Waals surface area contributed by atoms with Gasteiger partial charge in [0.1, 0.15) is 0 Å². The molecule has 3 aliphatic rings. The van der Waals surface area contributed by atoms with Crippen molar-refractivity contribution in [2.75, 3.05) is 12.1 Å². The Morgan fingerprint density at radius 2 is 1.96 bits per heavy atom. The summed E-state index contributed by atoms with van der Waals surface area (Å²) in [6.07, 6.45) is 0. The van der Waals surface area contributed by atoms with Crippen molar-refractivity contribution in [3.63, 3.8) is 0 Å². The molecular weight excluding hydrogens is 350 g/mol. The molecule has 27 heavy (non-hydrogen) atoms. The van der Waals surface area contributed by atoms with E-state index >= 15 is 0 Å². The van der Waals surface area contributed by atoms with Crippen molar-refractivity contribution in [2.24, 2.45) is 0 Å². The zero-order chi connectivity index (χ0) is 18.8. The summed E-state index contributed by atoms with van der Waals surface area (Å²) < 4.78 is 10.8. The average Bonchev–Trinajstić information content (AvgIpc) is 3.30. The number of carbonyl (C=O) groups is 1. The number of rotatable bonds is 2. The fraction of sp³-hybridized carbons (Fsp3) is 0.316. The van der Waals surface area contributed by atoms with E-state index in [1.807, 2.05) is 13.0 Å². The Morgan fingerprint density at radius 3 is 2.78 bits per heavy atom. The number of para-hydroxylation sites is 1. The molecule has 2 N–H and O–H groups in total. The number of hydrogen-bond donors (Lipinski definition) is 2. The molecule has 2 aromatic carbocycles. The lowest BCUT2D eigenvalue weighted by Gasteiger charge is -2.25. The van der Waals surface area contributed by atoms with Crippen LogP contribution in [0.1, 0.15) is 24.0 Å². The van der Waals surface area contributed by atoms with Crippen LogP contribution in [-0.4, -0.2) is 29.7 Å². The topological polar surface area (TPSA) is 103 Å². The quantitative estimate of drug-likeness (QED) is 0.622. The van der Waals surface area contributed by atoms with E-state index in [2.05, 4.69) is 10.6 Å². The standard InChI is InChI=1S/C19H17N3O5/c1-10-16(11-6-7-14-15(8-11)27-9-26-14)17(22(24)25)19(21-10)12-4-2-3-5-13(12)20-18(19)23/h2-8,10,16-17,21H,9H2,1H3,(H,20,23)/t10-,16-,17+,19-/m0/s1. The minimum atomic E-state index is -1.40. The second-order valence-electron chi connectivity index (χ2n) is 7.11. The van der Waals surface area contributed by atoms with Gasteiger partial charge < -0.3 is 14.8 Å². The molecule has 4 atom stereocenters. The van der Waals surface area contributed by atoms with Crippen LogP contribution in [0.25, 0.3) is 0 Å². The predicted octanol–water partition coefficient (Wildman–Crippen LogP) is 1.98. The van der Waals surface area contributed by atoms with E-state index < -0.39 is 17.5 Å². The fourth-order valence-corrected chi connectivity index (χ4v) is 4.67. The van der Waals surface area contributed by atoms with Crippen molar-refractivity contribution in [3.8, 4) is 11.5 Å². The number of carbonyl (C=O) groups excluding carboxylic acids is 1. The van der Waals surface area contributed by atoms with Gasteiger partial charge in [-0.1, -0.05) is 24.3 Å². The first-order valence-electron chi connectivity index (χ1n) is 8.74. The molecule has 1 spiro atoms. The number of fused-ring (bicyclic) bond motifs is 3. The maximum atomic E-state index is 13.0. The molecule has 3 heterocycles. The van der Waals surface area contributed by atoms with E-state index in [9.17, 15) is 14.9 Å². The van der Waals surface area contributed by atoms with Gasteiger partial charge in [0.25, 0.3) is 11.9 Å². The normalized spacial score (nSPS) is 30.4. The molecule has 1 amide bonds. The SMILES string of the molecule is C[C@@H]1N[C@]2(C(=O)Nc3ccccc32)[C@H]([N+](=O)[O-])[C@@H]1c1ccc2c(c1)OCO2. The molecular formula is C19H17N3O5. The van der Waals surface area contributed by atoms with E-state index in [0.717, 1.165) is 5.56 Å². The summed E-state index contributed by atoms with van der Waals surface area (Å²) in [5.74, 6) is 0.291. The molecule has 8 heteroatoms. The van der Waals surface area contributed by atoms with Gasteiger partial charge in [0.15, 0.2) is 17.0 Å². The van der Waals surface area contributed by atoms with Gasteiger partial charge in [0.2, 0.25) is 6.79 Å². The Kier molecular flexibility index (Phi) is 3.23. The summed E-state index contributed by atoms with van der Waals surface area (Å²) in [5, 5.41) is 18.3. The molecule has 3 aliphatic heterocycles. The third-order valence-electron chi connectivity index (χ3n) is 5.74. The van der Waals surface area contributed by atoms with Crippen LogP contribution < -0.4 is 20.1 Å². The molecule has 0 aromatic heterocycles. The summed E-state index contributed by atoms with van der Waals surface area (Å²) in [6, 6.07) is 11.0. The van der Waals surface area contributed by atoms with Gasteiger partial charge in [-0.2, -0.15) is 0 Å². The van der Waals surface area contributed by atoms with Gasteiger partial charge in [0.05, 0.1) is 5.92 Å². The zero-order valence-electron chi connectivity index (χ0n) is 14.5. The summed E-state index contributed by atoms with van der Waals surface area (Å²) in [6.45, 7) is 2.00. The number of nitrogens with zero attached hydrogens (tertiary/aromatic N) is 1. The summed E-state index contributed by atoms with van der Waals surface area (Å²) in [7, 11) is 0. The molecule has 0 radical (unpaired) electrons. The van der Waals surface area contributed by atoms with Crippen LogP contribution in [0.2, 0.25) is 0 Å². The second-order valence-corrected chi connectivity index (χ2v) is 7.11. The smallest absolute Gasteiger partial charge is 0.256 e. The van der Waals surface area contributed by atoms with Crippen LogP contribution in [0.5, 0.6) is 11.5 Å². The van der Waals surface area contributed by atoms with Crippen LogP contribution in [0, 0.1) is 10.1 Å². The predicted molar refractivity (Wildman–Crippen MR) is 95.4 cm³/mol. The van der Waals surface area contributed by atoms with Crippen molar-refractivity contribution in [1.29, 1.82) is 0 Å². The number of benzene rings is 2. The molecule has 0 unspecified atom stereocenters. The van der Waals surface area contributed by atoms with Crippen LogP contribution in [0.3, 0.4) is 0 Å². The minimum absolute atomic E-state index is 0.135. The summed E-state index contributed by atoms with van der Waals surface area (Å²) >= 11 is 0. The van der Waals surface area contributed by atoms with Gasteiger partial charge in [-0.15, -0.1) is 0 Å². The van der Waals surface area contributed by atoms with Gasteiger partial charge in [-0.3, -0.25) is 20.2 Å². The first-order chi connectivity index (χ1) is 13.0. The molecule has 5 rings (SSSR count). The second kappa shape index (κ2) is 5.43. The summed E-state index contributed by atoms with van der Waals surface area (Å²) in [5.41, 5.74) is 0.572. The van der Waals surface area contributed by atoms with Gasteiger partial charge in [-0.25, -0.2) is 0 Å². The highest BCUT2D eigenvalue weighted by atomic mass is 16.7. The Balaban J connectivity index is 1.66. The first-order valence-corrected chi connectivity index (χ1v) is 8.74. The van der Waals surface area contributed by atoms with Crippen molar-refractivity contribution in [2.45, 2.75) is 30.5 Å². The lowest BCUT2D eigenvalue weighted by Crippen LogP contribution is -2.54. The Morgan fingerprint density at radius 1 is 1.19 bits per heavy atom. The number of ether oxygens (including phenoxy) is 2. The van der Waals surface area contributed by atoms with Crippen molar-refractivity contribution in [1.82, 2.24) is 5.32 Å². The Labute approximate surface area is 154 Å². The van der Waals surface area contributed by atoms with Crippen LogP contribution in [-0.2, 0) is 10.3 Å². The zero-order valence-corrected chi connectivity index (χ0v) is 14.5. The molecule has 8 nitrogen and oxygen atoms in total. The molecule has 0 saturated carbocycles. The average molecular weight is 367 g/mol. The molecule has 0 bridgehead atoms. The highest BCUT2D eigenvalue weighted by molar-refractivity contribution is 6.07. The van der Waals surface area contributed by atoms with Crippen molar-refractivity contribution >= 4 is 11.6 Å². The van der Waals surface area contributed by atoms with E-state index in [4.69, 9.17) is 9.47 Å². The van der Waals surface area contributed by atoms with Crippen molar-refractivity contribution in [3.05, 3.63) is 63.7 Å². The maximum absolute atomic E-state index is 13.0. The first kappa shape index (κ1) is 16.1. The third kappa shape index (κ3) is 2.04. The van der Waals surface area contributed by atoms with E-state index in [-0.39, 0.29) is 23.7 Å². The highest BCUT2D eigenvalue weighted by Gasteiger charge is 2.67. The molecule has 1 fully saturated rings. The molecule has 0 aliphatic carbocycles. The molecule has 2 aromatic rings. The Hall–Kier alpha value is -3.13. The number of amides is 1. The van der Waals surface area contributed by atoms with Crippen LogP contribution in [0.15, 0.2) is 42.5 Å². The largest absolute Gasteiger partial charge is 0.454 e. The monoisotopic (exact) mass is 367 g/mol. The highest BCUT2D eigenvalue weighted by Crippen LogP contribution is 2.50. The van der Waals surface area contributed by atoms with Gasteiger partial charge in [-0.05, 0) is 30.7 Å². The lowest BCUT2D eigenvalue weighted by atomic mass is 9.78. The van der Waals surface area contributed by atoms with Crippen LogP contribution in [0.4, 0.5) is 5.69 Å². The third-order valence-corrected chi connectivity index (χ3v) is 5.74. The number of anilines is 1. The minimum Gasteiger partial charge on any atom is -0.454 e. The summed E-state index contributed by atoms with van der Waals surface area (Å²) in [4.78, 5) is 24.8. The fourth-order valence-electron chi connectivity index (χ4n) is 4.67. The van der Waals surface area contributed by atoms with Crippen molar-refractivity contribution < 1.29 is 19.2 Å². The van der Waals surface area contributed by atoms with Gasteiger partial charge in [0, 0.05) is 22.2 Å². The Bertz CT molecular complexity index is 978. The number of nitrogens with one attached hydrogen (secondary N) is 2. The number of nitro groups is 1. The molecule has 1 saturated heterocycles. The lowest BCUT2D eigenvalue weighted by molar-refractivity contribution is -0.532. The maximum Gasteiger partial charge on any atom is 0.256 e.